The number of tetrazole rings is 1. The highest BCUT2D eigenvalue weighted by atomic mass is 15.6. The first-order valence-electron chi connectivity index (χ1n) is 5.07. The lowest BCUT2D eigenvalue weighted by molar-refractivity contribution is 0.620. The fourth-order valence-electron chi connectivity index (χ4n) is 1.48. The molecule has 0 spiro atoms. The Hall–Kier alpha value is -1.82. The van der Waals surface area contributed by atoms with Crippen molar-refractivity contribution in [3.63, 3.8) is 0 Å². The zero-order chi connectivity index (χ0) is 11.5. The number of aryl methyl sites for hydroxylation is 2. The molecule has 0 amide bonds. The molecule has 2 rings (SSSR count). The van der Waals surface area contributed by atoms with Gasteiger partial charge in [-0.3, -0.25) is 4.98 Å². The Morgan fingerprint density at radius 1 is 1.44 bits per heavy atom. The molecule has 2 heterocycles. The molecule has 0 aliphatic carbocycles. The van der Waals surface area contributed by atoms with Crippen LogP contribution in [0.5, 0.6) is 0 Å². The van der Waals surface area contributed by atoms with Gasteiger partial charge < -0.3 is 5.73 Å². The zero-order valence-corrected chi connectivity index (χ0v) is 9.33. The average Bonchev–Trinajstić information content (AvgIpc) is 2.64. The van der Waals surface area contributed by atoms with Crippen molar-refractivity contribution < 1.29 is 0 Å². The van der Waals surface area contributed by atoms with Crippen molar-refractivity contribution in [1.29, 1.82) is 0 Å². The van der Waals surface area contributed by atoms with E-state index in [1.807, 2.05) is 25.1 Å². The van der Waals surface area contributed by atoms with Crippen LogP contribution in [0.4, 0.5) is 0 Å². The third-order valence-corrected chi connectivity index (χ3v) is 2.24. The van der Waals surface area contributed by atoms with Crippen LogP contribution >= 0.6 is 0 Å². The van der Waals surface area contributed by atoms with Crippen LogP contribution in [-0.2, 0) is 13.5 Å². The summed E-state index contributed by atoms with van der Waals surface area (Å²) < 4.78 is 0. The van der Waals surface area contributed by atoms with Gasteiger partial charge in [-0.25, -0.2) is 0 Å². The maximum Gasteiger partial charge on any atom is 0.176 e. The second-order valence-electron chi connectivity index (χ2n) is 3.71. The molecule has 0 saturated carbocycles. The number of nitrogens with zero attached hydrogens (tertiary/aromatic N) is 5. The van der Waals surface area contributed by atoms with E-state index in [-0.39, 0.29) is 6.04 Å². The van der Waals surface area contributed by atoms with Gasteiger partial charge in [0.2, 0.25) is 0 Å². The third kappa shape index (κ3) is 2.40. The van der Waals surface area contributed by atoms with Crippen molar-refractivity contribution in [2.24, 2.45) is 12.8 Å². The normalized spacial score (nSPS) is 12.7. The molecule has 0 saturated heterocycles. The average molecular weight is 218 g/mol. The summed E-state index contributed by atoms with van der Waals surface area (Å²) in [5, 5.41) is 11.7. The molecular formula is C10H14N6. The number of nitrogens with two attached hydrogens (primary N) is 1. The van der Waals surface area contributed by atoms with E-state index in [9.17, 15) is 0 Å². The van der Waals surface area contributed by atoms with E-state index < -0.39 is 0 Å². The molecule has 0 aromatic carbocycles. The standard InChI is InChI=1S/C10H14N6/c1-7-4-3-5-9(12-7)8(11)6-10-13-15-16(2)14-10/h3-5,8H,6,11H2,1-2H3. The second-order valence-corrected chi connectivity index (χ2v) is 3.71. The summed E-state index contributed by atoms with van der Waals surface area (Å²) in [6, 6.07) is 5.61. The minimum Gasteiger partial charge on any atom is -0.322 e. The van der Waals surface area contributed by atoms with Crippen molar-refractivity contribution in [3.05, 3.63) is 35.4 Å². The van der Waals surface area contributed by atoms with E-state index in [0.717, 1.165) is 11.4 Å². The van der Waals surface area contributed by atoms with Crippen molar-refractivity contribution >= 4 is 0 Å². The van der Waals surface area contributed by atoms with Crippen LogP contribution in [-0.4, -0.2) is 25.2 Å². The van der Waals surface area contributed by atoms with Gasteiger partial charge in [-0.15, -0.1) is 10.2 Å². The maximum absolute atomic E-state index is 6.03. The SMILES string of the molecule is Cc1cccc(C(N)Cc2nnn(C)n2)n1. The van der Waals surface area contributed by atoms with E-state index in [4.69, 9.17) is 5.73 Å². The summed E-state index contributed by atoms with van der Waals surface area (Å²) in [5.41, 5.74) is 7.84. The summed E-state index contributed by atoms with van der Waals surface area (Å²) in [4.78, 5) is 5.79. The van der Waals surface area contributed by atoms with Crippen LogP contribution in [0.2, 0.25) is 0 Å². The zero-order valence-electron chi connectivity index (χ0n) is 9.33. The highest BCUT2D eigenvalue weighted by Crippen LogP contribution is 2.11. The van der Waals surface area contributed by atoms with Crippen molar-refractivity contribution in [3.8, 4) is 0 Å². The molecule has 1 atom stereocenters. The van der Waals surface area contributed by atoms with Gasteiger partial charge in [0.05, 0.1) is 18.8 Å². The van der Waals surface area contributed by atoms with Crippen LogP contribution < -0.4 is 5.73 Å². The molecule has 1 unspecified atom stereocenters. The molecule has 6 heteroatoms. The van der Waals surface area contributed by atoms with Gasteiger partial charge in [0.15, 0.2) is 5.82 Å². The molecule has 2 N–H and O–H groups in total. The predicted molar refractivity (Wildman–Crippen MR) is 58.4 cm³/mol. The molecular weight excluding hydrogens is 204 g/mol. The predicted octanol–water partition coefficient (Wildman–Crippen LogP) is 0.156. The van der Waals surface area contributed by atoms with Crippen LogP contribution in [0, 0.1) is 6.92 Å². The number of hydrogen-bond donors (Lipinski definition) is 1. The summed E-state index contributed by atoms with van der Waals surface area (Å²) >= 11 is 0. The summed E-state index contributed by atoms with van der Waals surface area (Å²) in [6.07, 6.45) is 0.546. The quantitative estimate of drug-likeness (QED) is 0.793. The second kappa shape index (κ2) is 4.36. The van der Waals surface area contributed by atoms with Crippen molar-refractivity contribution in [2.75, 3.05) is 0 Å². The monoisotopic (exact) mass is 218 g/mol. The largest absolute Gasteiger partial charge is 0.322 e. The maximum atomic E-state index is 6.03. The molecule has 16 heavy (non-hydrogen) atoms. The molecule has 6 nitrogen and oxygen atoms in total. The first-order chi connectivity index (χ1) is 7.65. The smallest absolute Gasteiger partial charge is 0.176 e. The fourth-order valence-corrected chi connectivity index (χ4v) is 1.48. The molecule has 0 bridgehead atoms. The van der Waals surface area contributed by atoms with E-state index >= 15 is 0 Å². The lowest BCUT2D eigenvalue weighted by Gasteiger charge is -2.08. The molecule has 0 aliphatic heterocycles. The Bertz CT molecular complexity index is 478. The summed E-state index contributed by atoms with van der Waals surface area (Å²) in [5.74, 6) is 0.637. The van der Waals surface area contributed by atoms with Crippen LogP contribution in [0.1, 0.15) is 23.3 Å². The fraction of sp³-hybridized carbons (Fsp3) is 0.400. The number of pyridine rings is 1. The van der Waals surface area contributed by atoms with E-state index in [0.29, 0.717) is 12.2 Å². The number of hydrogen-bond acceptors (Lipinski definition) is 5. The lowest BCUT2D eigenvalue weighted by Crippen LogP contribution is -2.16. The minimum absolute atomic E-state index is 0.191. The van der Waals surface area contributed by atoms with E-state index in [1.165, 1.54) is 4.80 Å². The molecule has 2 aromatic rings. The first-order valence-corrected chi connectivity index (χ1v) is 5.07. The third-order valence-electron chi connectivity index (χ3n) is 2.24. The van der Waals surface area contributed by atoms with Gasteiger partial charge in [-0.1, -0.05) is 6.07 Å². The van der Waals surface area contributed by atoms with Crippen molar-refractivity contribution in [2.45, 2.75) is 19.4 Å². The van der Waals surface area contributed by atoms with Gasteiger partial charge in [0.1, 0.15) is 0 Å². The molecule has 0 aliphatic rings. The van der Waals surface area contributed by atoms with Gasteiger partial charge in [-0.05, 0) is 24.3 Å². The molecule has 2 aromatic heterocycles. The highest BCUT2D eigenvalue weighted by Gasteiger charge is 2.11. The lowest BCUT2D eigenvalue weighted by atomic mass is 10.1. The Kier molecular flexibility index (Phi) is 2.91. The van der Waals surface area contributed by atoms with Crippen LogP contribution in [0.3, 0.4) is 0 Å². The number of rotatable bonds is 3. The van der Waals surface area contributed by atoms with Crippen molar-refractivity contribution in [1.82, 2.24) is 25.2 Å². The molecule has 84 valence electrons. The minimum atomic E-state index is -0.191. The van der Waals surface area contributed by atoms with Gasteiger partial charge in [-0.2, -0.15) is 4.80 Å². The Morgan fingerprint density at radius 2 is 2.25 bits per heavy atom. The Labute approximate surface area is 93.5 Å². The number of aromatic nitrogens is 5. The van der Waals surface area contributed by atoms with E-state index in [2.05, 4.69) is 20.4 Å². The van der Waals surface area contributed by atoms with Gasteiger partial charge in [0.25, 0.3) is 0 Å². The summed E-state index contributed by atoms with van der Waals surface area (Å²) in [7, 11) is 1.73. The molecule has 0 fully saturated rings. The Morgan fingerprint density at radius 3 is 2.88 bits per heavy atom. The van der Waals surface area contributed by atoms with E-state index in [1.54, 1.807) is 7.05 Å². The van der Waals surface area contributed by atoms with Gasteiger partial charge in [0, 0.05) is 12.1 Å². The highest BCUT2D eigenvalue weighted by molar-refractivity contribution is 5.14. The summed E-state index contributed by atoms with van der Waals surface area (Å²) in [6.45, 7) is 1.94. The first kappa shape index (κ1) is 10.7. The van der Waals surface area contributed by atoms with Crippen LogP contribution in [0.25, 0.3) is 0 Å². The Balaban J connectivity index is 2.11. The topological polar surface area (TPSA) is 82.5 Å². The van der Waals surface area contributed by atoms with Crippen LogP contribution in [0.15, 0.2) is 18.2 Å². The molecule has 0 radical (unpaired) electrons. The van der Waals surface area contributed by atoms with Gasteiger partial charge >= 0.3 is 0 Å².